The predicted octanol–water partition coefficient (Wildman–Crippen LogP) is 0.647. The summed E-state index contributed by atoms with van der Waals surface area (Å²) in [7, 11) is 5.88. The summed E-state index contributed by atoms with van der Waals surface area (Å²) in [6.45, 7) is 5.54. The van der Waals surface area contributed by atoms with Crippen LogP contribution in [0.25, 0.3) is 0 Å². The third-order valence-corrected chi connectivity index (χ3v) is 3.14. The Morgan fingerprint density at radius 1 is 1.39 bits per heavy atom. The van der Waals surface area contributed by atoms with Gasteiger partial charge in [-0.3, -0.25) is 9.48 Å². The fourth-order valence-corrected chi connectivity index (χ4v) is 1.92. The Labute approximate surface area is 109 Å². The molecule has 1 amide bonds. The van der Waals surface area contributed by atoms with Gasteiger partial charge in [-0.1, -0.05) is 0 Å². The second-order valence-electron chi connectivity index (χ2n) is 4.93. The normalized spacial score (nSPS) is 11.0. The van der Waals surface area contributed by atoms with Gasteiger partial charge in [0.1, 0.15) is 0 Å². The van der Waals surface area contributed by atoms with Crippen molar-refractivity contribution in [3.05, 3.63) is 17.0 Å². The van der Waals surface area contributed by atoms with Gasteiger partial charge in [0.05, 0.1) is 5.69 Å². The molecular formula is C13H24N4O. The highest BCUT2D eigenvalue weighted by atomic mass is 16.1. The van der Waals surface area contributed by atoms with Crippen LogP contribution in [0, 0.1) is 13.8 Å². The average Bonchev–Trinajstić information content (AvgIpc) is 2.53. The zero-order chi connectivity index (χ0) is 13.7. The van der Waals surface area contributed by atoms with E-state index in [4.69, 9.17) is 0 Å². The van der Waals surface area contributed by atoms with E-state index in [-0.39, 0.29) is 5.91 Å². The molecule has 0 atom stereocenters. The van der Waals surface area contributed by atoms with Crippen LogP contribution in [-0.2, 0) is 18.3 Å². The van der Waals surface area contributed by atoms with Gasteiger partial charge in [0, 0.05) is 32.3 Å². The van der Waals surface area contributed by atoms with Gasteiger partial charge >= 0.3 is 0 Å². The molecule has 0 bridgehead atoms. The van der Waals surface area contributed by atoms with Crippen molar-refractivity contribution < 1.29 is 4.79 Å². The summed E-state index contributed by atoms with van der Waals surface area (Å²) in [6, 6.07) is 0. The third kappa shape index (κ3) is 4.14. The zero-order valence-corrected chi connectivity index (χ0v) is 12.1. The number of carbonyl (C=O) groups excluding carboxylic acids is 1. The standard InChI is InChI=1S/C13H24N4O/c1-10-12(11(2)17(5)15-10)6-8-14-13(18)7-9-16(3)4/h6-9H2,1-5H3,(H,14,18). The van der Waals surface area contributed by atoms with Crippen LogP contribution < -0.4 is 5.32 Å². The van der Waals surface area contributed by atoms with Gasteiger partial charge in [-0.25, -0.2) is 0 Å². The first-order valence-electron chi connectivity index (χ1n) is 6.32. The molecule has 1 heterocycles. The summed E-state index contributed by atoms with van der Waals surface area (Å²) < 4.78 is 1.89. The fraction of sp³-hybridized carbons (Fsp3) is 0.692. The molecule has 5 heteroatoms. The Kier molecular flexibility index (Phi) is 5.34. The van der Waals surface area contributed by atoms with Crippen molar-refractivity contribution in [2.45, 2.75) is 26.7 Å². The summed E-state index contributed by atoms with van der Waals surface area (Å²) in [5.74, 6) is 0.114. The molecule has 1 rings (SSSR count). The molecule has 1 aromatic rings. The van der Waals surface area contributed by atoms with Gasteiger partial charge < -0.3 is 10.2 Å². The Hall–Kier alpha value is -1.36. The van der Waals surface area contributed by atoms with Crippen molar-refractivity contribution in [3.8, 4) is 0 Å². The molecule has 0 fully saturated rings. The maximum Gasteiger partial charge on any atom is 0.221 e. The lowest BCUT2D eigenvalue weighted by Gasteiger charge is -2.09. The number of carbonyl (C=O) groups is 1. The predicted molar refractivity (Wildman–Crippen MR) is 72.6 cm³/mol. The Balaban J connectivity index is 2.35. The summed E-state index contributed by atoms with van der Waals surface area (Å²) in [4.78, 5) is 13.6. The molecule has 5 nitrogen and oxygen atoms in total. The summed E-state index contributed by atoms with van der Waals surface area (Å²) >= 11 is 0. The van der Waals surface area contributed by atoms with Crippen LogP contribution in [0.2, 0.25) is 0 Å². The van der Waals surface area contributed by atoms with E-state index in [0.29, 0.717) is 13.0 Å². The monoisotopic (exact) mass is 252 g/mol. The molecule has 0 saturated carbocycles. The van der Waals surface area contributed by atoms with Crippen molar-refractivity contribution in [1.29, 1.82) is 0 Å². The van der Waals surface area contributed by atoms with E-state index >= 15 is 0 Å². The molecule has 0 aliphatic heterocycles. The lowest BCUT2D eigenvalue weighted by Crippen LogP contribution is -2.29. The maximum atomic E-state index is 11.6. The van der Waals surface area contributed by atoms with Gasteiger partial charge in [-0.15, -0.1) is 0 Å². The minimum Gasteiger partial charge on any atom is -0.356 e. The molecule has 0 radical (unpaired) electrons. The summed E-state index contributed by atoms with van der Waals surface area (Å²) in [5, 5.41) is 7.31. The van der Waals surface area contributed by atoms with Gasteiger partial charge in [-0.05, 0) is 39.9 Å². The van der Waals surface area contributed by atoms with Gasteiger partial charge in [0.15, 0.2) is 0 Å². The first-order chi connectivity index (χ1) is 8.41. The summed E-state index contributed by atoms with van der Waals surface area (Å²) in [5.41, 5.74) is 3.47. The van der Waals surface area contributed by atoms with E-state index in [1.807, 2.05) is 37.6 Å². The molecule has 1 N–H and O–H groups in total. The Bertz CT molecular complexity index is 409. The number of rotatable bonds is 6. The number of hydrogen-bond donors (Lipinski definition) is 1. The summed E-state index contributed by atoms with van der Waals surface area (Å²) in [6.07, 6.45) is 1.40. The molecule has 0 saturated heterocycles. The van der Waals surface area contributed by atoms with Gasteiger partial charge in [-0.2, -0.15) is 5.10 Å². The number of amides is 1. The molecule has 0 aromatic carbocycles. The van der Waals surface area contributed by atoms with Crippen LogP contribution in [0.3, 0.4) is 0 Å². The van der Waals surface area contributed by atoms with Crippen molar-refractivity contribution in [2.24, 2.45) is 7.05 Å². The van der Waals surface area contributed by atoms with Crippen molar-refractivity contribution in [2.75, 3.05) is 27.2 Å². The van der Waals surface area contributed by atoms with Crippen LogP contribution in [0.1, 0.15) is 23.4 Å². The minimum absolute atomic E-state index is 0.114. The molecule has 18 heavy (non-hydrogen) atoms. The highest BCUT2D eigenvalue weighted by Gasteiger charge is 2.09. The largest absolute Gasteiger partial charge is 0.356 e. The number of hydrogen-bond acceptors (Lipinski definition) is 3. The van der Waals surface area contributed by atoms with Crippen LogP contribution in [0.5, 0.6) is 0 Å². The number of nitrogens with one attached hydrogen (secondary N) is 1. The second-order valence-corrected chi connectivity index (χ2v) is 4.93. The third-order valence-electron chi connectivity index (χ3n) is 3.14. The van der Waals surface area contributed by atoms with E-state index in [2.05, 4.69) is 17.3 Å². The quantitative estimate of drug-likeness (QED) is 0.808. The van der Waals surface area contributed by atoms with Crippen LogP contribution in [-0.4, -0.2) is 47.8 Å². The SMILES string of the molecule is Cc1nn(C)c(C)c1CCNC(=O)CCN(C)C. The Morgan fingerprint density at radius 2 is 2.06 bits per heavy atom. The molecule has 0 aliphatic carbocycles. The van der Waals surface area contributed by atoms with Crippen molar-refractivity contribution in [3.63, 3.8) is 0 Å². The first kappa shape index (κ1) is 14.7. The van der Waals surface area contributed by atoms with E-state index in [1.165, 1.54) is 11.3 Å². The molecule has 102 valence electrons. The van der Waals surface area contributed by atoms with E-state index in [1.54, 1.807) is 0 Å². The molecule has 0 spiro atoms. The number of aryl methyl sites for hydroxylation is 2. The van der Waals surface area contributed by atoms with E-state index < -0.39 is 0 Å². The fourth-order valence-electron chi connectivity index (χ4n) is 1.92. The highest BCUT2D eigenvalue weighted by Crippen LogP contribution is 2.11. The highest BCUT2D eigenvalue weighted by molar-refractivity contribution is 5.76. The van der Waals surface area contributed by atoms with Crippen molar-refractivity contribution in [1.82, 2.24) is 20.0 Å². The zero-order valence-electron chi connectivity index (χ0n) is 12.1. The van der Waals surface area contributed by atoms with Gasteiger partial charge in [0.25, 0.3) is 0 Å². The topological polar surface area (TPSA) is 50.2 Å². The van der Waals surface area contributed by atoms with Crippen LogP contribution in [0.4, 0.5) is 0 Å². The first-order valence-corrected chi connectivity index (χ1v) is 6.32. The minimum atomic E-state index is 0.114. The van der Waals surface area contributed by atoms with E-state index in [9.17, 15) is 4.79 Å². The van der Waals surface area contributed by atoms with Gasteiger partial charge in [0.2, 0.25) is 5.91 Å². The molecule has 0 unspecified atom stereocenters. The molecular weight excluding hydrogens is 228 g/mol. The second kappa shape index (κ2) is 6.54. The van der Waals surface area contributed by atoms with Crippen LogP contribution in [0.15, 0.2) is 0 Å². The molecule has 0 aliphatic rings. The lowest BCUT2D eigenvalue weighted by molar-refractivity contribution is -0.121. The number of nitrogens with zero attached hydrogens (tertiary/aromatic N) is 3. The maximum absolute atomic E-state index is 11.6. The van der Waals surface area contributed by atoms with Crippen LogP contribution >= 0.6 is 0 Å². The van der Waals surface area contributed by atoms with Crippen molar-refractivity contribution >= 4 is 5.91 Å². The van der Waals surface area contributed by atoms with E-state index in [0.717, 1.165) is 18.7 Å². The number of aromatic nitrogens is 2. The molecule has 1 aromatic heterocycles. The average molecular weight is 252 g/mol. The Morgan fingerprint density at radius 3 is 2.56 bits per heavy atom. The smallest absolute Gasteiger partial charge is 0.221 e. The lowest BCUT2D eigenvalue weighted by atomic mass is 10.1.